The first-order chi connectivity index (χ1) is 6.09. The number of hydrogen-bond donors (Lipinski definition) is 2. The molecule has 3 N–H and O–H groups in total. The van der Waals surface area contributed by atoms with Crippen LogP contribution < -0.4 is 11.1 Å². The second kappa shape index (κ2) is 2.50. The van der Waals surface area contributed by atoms with E-state index in [1.54, 1.807) is 0 Å². The Labute approximate surface area is 72.5 Å². The van der Waals surface area contributed by atoms with E-state index in [0.29, 0.717) is 5.56 Å². The predicted molar refractivity (Wildman–Crippen MR) is 41.9 cm³/mol. The maximum Gasteiger partial charge on any atom is 0.245 e. The molecule has 0 aliphatic carbocycles. The highest BCUT2D eigenvalue weighted by Crippen LogP contribution is 2.30. The highest BCUT2D eigenvalue weighted by Gasteiger charge is 2.28. The maximum absolute atomic E-state index is 12.7. The maximum atomic E-state index is 12.7. The molecule has 0 radical (unpaired) electrons. The smallest absolute Gasteiger partial charge is 0.245 e. The molecule has 1 aromatic rings. The van der Waals surface area contributed by atoms with Gasteiger partial charge < -0.3 is 11.1 Å². The van der Waals surface area contributed by atoms with Crippen molar-refractivity contribution in [3.8, 4) is 0 Å². The lowest BCUT2D eigenvalue weighted by molar-refractivity contribution is -0.116. The van der Waals surface area contributed by atoms with Crippen LogP contribution in [0.4, 0.5) is 14.5 Å². The van der Waals surface area contributed by atoms with Gasteiger partial charge in [-0.1, -0.05) is 0 Å². The van der Waals surface area contributed by atoms with Crippen molar-refractivity contribution < 1.29 is 13.6 Å². The van der Waals surface area contributed by atoms with Gasteiger partial charge in [-0.25, -0.2) is 8.78 Å². The molecule has 1 aliphatic rings. The van der Waals surface area contributed by atoms with Crippen LogP contribution in [0.2, 0.25) is 0 Å². The number of halogens is 2. The molecule has 0 bridgehead atoms. The van der Waals surface area contributed by atoms with Crippen molar-refractivity contribution in [2.75, 3.05) is 5.32 Å². The summed E-state index contributed by atoms with van der Waals surface area (Å²) in [6.07, 6.45) is 0. The number of nitrogens with one attached hydrogen (secondary N) is 1. The molecule has 0 saturated carbocycles. The van der Waals surface area contributed by atoms with Gasteiger partial charge in [-0.2, -0.15) is 0 Å². The minimum atomic E-state index is -0.995. The van der Waals surface area contributed by atoms with Gasteiger partial charge in [-0.05, 0) is 6.07 Å². The SMILES string of the molecule is NC1C(=O)Nc2cc(F)c(F)cc21. The van der Waals surface area contributed by atoms with Crippen molar-refractivity contribution in [3.63, 3.8) is 0 Å². The molecule has 1 atom stereocenters. The second-order valence-electron chi connectivity index (χ2n) is 2.82. The summed E-state index contributed by atoms with van der Waals surface area (Å²) in [7, 11) is 0. The van der Waals surface area contributed by atoms with Crippen LogP contribution in [-0.2, 0) is 4.79 Å². The van der Waals surface area contributed by atoms with E-state index in [4.69, 9.17) is 5.73 Å². The Bertz CT molecular complexity index is 392. The van der Waals surface area contributed by atoms with E-state index in [1.165, 1.54) is 0 Å². The first-order valence-corrected chi connectivity index (χ1v) is 3.65. The van der Waals surface area contributed by atoms with Crippen LogP contribution >= 0.6 is 0 Å². The van der Waals surface area contributed by atoms with Crippen LogP contribution in [0.1, 0.15) is 11.6 Å². The Hall–Kier alpha value is -1.49. The van der Waals surface area contributed by atoms with Crippen LogP contribution in [0.3, 0.4) is 0 Å². The molecule has 0 aromatic heterocycles. The lowest BCUT2D eigenvalue weighted by atomic mass is 10.1. The molecule has 1 aliphatic heterocycles. The molecular weight excluding hydrogens is 178 g/mol. The number of amides is 1. The van der Waals surface area contributed by atoms with E-state index < -0.39 is 23.6 Å². The first-order valence-electron chi connectivity index (χ1n) is 3.65. The molecule has 68 valence electrons. The third-order valence-corrected chi connectivity index (χ3v) is 1.97. The van der Waals surface area contributed by atoms with Gasteiger partial charge in [-0.3, -0.25) is 4.79 Å². The Balaban J connectivity index is 2.59. The zero-order chi connectivity index (χ0) is 9.59. The van der Waals surface area contributed by atoms with Crippen LogP contribution in [0.5, 0.6) is 0 Å². The van der Waals surface area contributed by atoms with E-state index in [1.807, 2.05) is 0 Å². The summed E-state index contributed by atoms with van der Waals surface area (Å²) in [5.41, 5.74) is 5.95. The van der Waals surface area contributed by atoms with E-state index in [-0.39, 0.29) is 5.69 Å². The van der Waals surface area contributed by atoms with Crippen molar-refractivity contribution in [1.29, 1.82) is 0 Å². The number of rotatable bonds is 0. The van der Waals surface area contributed by atoms with Gasteiger partial charge in [0, 0.05) is 17.3 Å². The molecule has 5 heteroatoms. The summed E-state index contributed by atoms with van der Waals surface area (Å²) < 4.78 is 25.4. The predicted octanol–water partition coefficient (Wildman–Crippen LogP) is 0.917. The minimum absolute atomic E-state index is 0.247. The molecule has 0 fully saturated rings. The van der Waals surface area contributed by atoms with E-state index in [9.17, 15) is 13.6 Å². The fourth-order valence-electron chi connectivity index (χ4n) is 1.28. The van der Waals surface area contributed by atoms with Gasteiger partial charge in [-0.15, -0.1) is 0 Å². The highest BCUT2D eigenvalue weighted by molar-refractivity contribution is 6.02. The lowest BCUT2D eigenvalue weighted by Crippen LogP contribution is -2.19. The molecule has 1 unspecified atom stereocenters. The lowest BCUT2D eigenvalue weighted by Gasteiger charge is -2.01. The monoisotopic (exact) mass is 184 g/mol. The number of benzene rings is 1. The number of nitrogens with two attached hydrogens (primary N) is 1. The van der Waals surface area contributed by atoms with Crippen molar-refractivity contribution in [3.05, 3.63) is 29.3 Å². The fraction of sp³-hybridized carbons (Fsp3) is 0.125. The van der Waals surface area contributed by atoms with E-state index >= 15 is 0 Å². The zero-order valence-corrected chi connectivity index (χ0v) is 6.47. The zero-order valence-electron chi connectivity index (χ0n) is 6.47. The van der Waals surface area contributed by atoms with Crippen LogP contribution in [0.25, 0.3) is 0 Å². The average molecular weight is 184 g/mol. The molecule has 13 heavy (non-hydrogen) atoms. The largest absolute Gasteiger partial charge is 0.324 e. The van der Waals surface area contributed by atoms with Crippen molar-refractivity contribution in [2.45, 2.75) is 6.04 Å². The molecule has 0 spiro atoms. The van der Waals surface area contributed by atoms with E-state index in [2.05, 4.69) is 5.32 Å². The summed E-state index contributed by atoms with van der Waals surface area (Å²) in [5.74, 6) is -2.43. The summed E-state index contributed by atoms with van der Waals surface area (Å²) >= 11 is 0. The number of carbonyl (C=O) groups excluding carboxylic acids is 1. The van der Waals surface area contributed by atoms with Gasteiger partial charge in [0.2, 0.25) is 5.91 Å². The van der Waals surface area contributed by atoms with Gasteiger partial charge in [0.25, 0.3) is 0 Å². The summed E-state index contributed by atoms with van der Waals surface area (Å²) in [6.45, 7) is 0. The van der Waals surface area contributed by atoms with Crippen LogP contribution in [0.15, 0.2) is 12.1 Å². The summed E-state index contributed by atoms with van der Waals surface area (Å²) in [5, 5.41) is 2.34. The minimum Gasteiger partial charge on any atom is -0.324 e. The van der Waals surface area contributed by atoms with Gasteiger partial charge in [0.15, 0.2) is 11.6 Å². The summed E-state index contributed by atoms with van der Waals surface area (Å²) in [4.78, 5) is 11.0. The van der Waals surface area contributed by atoms with Crippen LogP contribution in [-0.4, -0.2) is 5.91 Å². The number of anilines is 1. The molecule has 2 rings (SSSR count). The van der Waals surface area contributed by atoms with Crippen molar-refractivity contribution >= 4 is 11.6 Å². The van der Waals surface area contributed by atoms with Crippen molar-refractivity contribution in [2.24, 2.45) is 5.73 Å². The first kappa shape index (κ1) is 8.12. The van der Waals surface area contributed by atoms with Crippen molar-refractivity contribution in [1.82, 2.24) is 0 Å². The molecular formula is C8H6F2N2O. The number of hydrogen-bond acceptors (Lipinski definition) is 2. The standard InChI is InChI=1S/C8H6F2N2O/c9-4-1-3-6(2-5(4)10)12-8(13)7(3)11/h1-2,7H,11H2,(H,12,13). The summed E-state index contributed by atoms with van der Waals surface area (Å²) in [6, 6.07) is 0.966. The average Bonchev–Trinajstić information content (AvgIpc) is 2.32. The Kier molecular flexibility index (Phi) is 1.56. The van der Waals surface area contributed by atoms with Gasteiger partial charge in [0.1, 0.15) is 6.04 Å². The number of carbonyl (C=O) groups is 1. The Morgan fingerprint density at radius 3 is 2.62 bits per heavy atom. The third-order valence-electron chi connectivity index (χ3n) is 1.97. The van der Waals surface area contributed by atoms with E-state index in [0.717, 1.165) is 12.1 Å². The Morgan fingerprint density at radius 2 is 1.92 bits per heavy atom. The van der Waals surface area contributed by atoms with Crippen LogP contribution in [0, 0.1) is 11.6 Å². The van der Waals surface area contributed by atoms with Gasteiger partial charge >= 0.3 is 0 Å². The fourth-order valence-corrected chi connectivity index (χ4v) is 1.28. The van der Waals surface area contributed by atoms with Gasteiger partial charge in [0.05, 0.1) is 0 Å². The highest BCUT2D eigenvalue weighted by atomic mass is 19.2. The number of fused-ring (bicyclic) bond motifs is 1. The third kappa shape index (κ3) is 1.08. The molecule has 1 aromatic carbocycles. The molecule has 3 nitrogen and oxygen atoms in total. The quantitative estimate of drug-likeness (QED) is 0.629. The topological polar surface area (TPSA) is 55.1 Å². The molecule has 1 heterocycles. The molecule has 1 amide bonds. The second-order valence-corrected chi connectivity index (χ2v) is 2.82. The normalized spacial score (nSPS) is 19.9. The Morgan fingerprint density at radius 1 is 1.31 bits per heavy atom. The molecule has 0 saturated heterocycles.